The molecule has 0 N–H and O–H groups in total. The van der Waals surface area contributed by atoms with E-state index in [4.69, 9.17) is 4.74 Å². The molecule has 4 rings (SSSR count). The summed E-state index contributed by atoms with van der Waals surface area (Å²) < 4.78 is 5.59. The molecule has 5 nitrogen and oxygen atoms in total. The maximum Gasteiger partial charge on any atom is 0.313 e. The van der Waals surface area contributed by atoms with E-state index in [1.165, 1.54) is 11.1 Å². The van der Waals surface area contributed by atoms with Gasteiger partial charge in [0.05, 0.1) is 12.0 Å². The largest absolute Gasteiger partial charge is 0.466 e. The van der Waals surface area contributed by atoms with Crippen LogP contribution in [0.1, 0.15) is 50.2 Å². The lowest BCUT2D eigenvalue weighted by Gasteiger charge is -2.46. The average Bonchev–Trinajstić information content (AvgIpc) is 2.86. The number of hydrogen-bond acceptors (Lipinski definition) is 5. The van der Waals surface area contributed by atoms with Crippen molar-refractivity contribution in [2.24, 2.45) is 5.41 Å². The van der Waals surface area contributed by atoms with Crippen molar-refractivity contribution in [3.63, 3.8) is 0 Å². The number of benzene rings is 1. The summed E-state index contributed by atoms with van der Waals surface area (Å²) in [6.07, 6.45) is 13.1. The highest BCUT2D eigenvalue weighted by Gasteiger charge is 2.44. The van der Waals surface area contributed by atoms with Crippen molar-refractivity contribution in [2.75, 3.05) is 32.8 Å². The fourth-order valence-electron chi connectivity index (χ4n) is 5.36. The van der Waals surface area contributed by atoms with Gasteiger partial charge in [0.1, 0.15) is 0 Å². The Hall–Kier alpha value is -2.50. The normalized spacial score (nSPS) is 23.1. The number of piperidine rings is 2. The van der Waals surface area contributed by atoms with Crippen LogP contribution in [0.4, 0.5) is 0 Å². The van der Waals surface area contributed by atoms with Gasteiger partial charge in [-0.15, -0.1) is 0 Å². The van der Waals surface area contributed by atoms with Gasteiger partial charge in [-0.05, 0) is 75.9 Å². The van der Waals surface area contributed by atoms with Crippen molar-refractivity contribution in [1.29, 1.82) is 0 Å². The van der Waals surface area contributed by atoms with Gasteiger partial charge >= 0.3 is 5.97 Å². The van der Waals surface area contributed by atoms with Gasteiger partial charge in [-0.3, -0.25) is 19.6 Å². The van der Waals surface area contributed by atoms with E-state index in [-0.39, 0.29) is 5.97 Å². The third-order valence-corrected chi connectivity index (χ3v) is 7.14. The van der Waals surface area contributed by atoms with E-state index in [1.807, 2.05) is 43.6 Å². The minimum absolute atomic E-state index is 0.0265. The van der Waals surface area contributed by atoms with Crippen LogP contribution in [-0.2, 0) is 16.1 Å². The first kappa shape index (κ1) is 23.7. The molecule has 33 heavy (non-hydrogen) atoms. The molecule has 2 aliphatic rings. The first-order valence-corrected chi connectivity index (χ1v) is 12.4. The van der Waals surface area contributed by atoms with Crippen LogP contribution in [0.15, 0.2) is 60.9 Å². The molecule has 1 aromatic heterocycles. The first-order chi connectivity index (χ1) is 16.2. The van der Waals surface area contributed by atoms with Gasteiger partial charge in [-0.2, -0.15) is 0 Å². The highest BCUT2D eigenvalue weighted by Crippen LogP contribution is 2.37. The molecule has 0 saturated carbocycles. The lowest BCUT2D eigenvalue weighted by atomic mass is 9.76. The van der Waals surface area contributed by atoms with Gasteiger partial charge < -0.3 is 4.74 Å². The minimum Gasteiger partial charge on any atom is -0.466 e. The van der Waals surface area contributed by atoms with E-state index in [0.717, 1.165) is 64.8 Å². The van der Waals surface area contributed by atoms with Gasteiger partial charge in [-0.25, -0.2) is 0 Å². The number of hydrogen-bond donors (Lipinski definition) is 0. The molecule has 0 aliphatic carbocycles. The number of esters is 1. The van der Waals surface area contributed by atoms with E-state index in [2.05, 4.69) is 45.1 Å². The summed E-state index contributed by atoms with van der Waals surface area (Å²) >= 11 is 0. The van der Waals surface area contributed by atoms with Crippen LogP contribution in [0, 0.1) is 5.41 Å². The standard InChI is InChI=1S/C28H37N3O2/c1-2-33-27(32)28(15-6-11-24-9-4-3-5-10-24)16-8-18-31(23-28)26-13-19-30(20-14-26)22-25-12-7-17-29-21-25/h3-7,9-12,17,21,26H,2,8,13-16,18-20,22-23H2,1H3/b11-6+. The predicted molar refractivity (Wildman–Crippen MR) is 133 cm³/mol. The molecule has 2 saturated heterocycles. The van der Waals surface area contributed by atoms with Crippen molar-refractivity contribution in [3.05, 3.63) is 72.1 Å². The van der Waals surface area contributed by atoms with Crippen LogP contribution in [0.25, 0.3) is 6.08 Å². The number of carbonyl (C=O) groups is 1. The zero-order valence-electron chi connectivity index (χ0n) is 19.9. The monoisotopic (exact) mass is 447 g/mol. The molecular formula is C28H37N3O2. The molecule has 176 valence electrons. The maximum absolute atomic E-state index is 13.1. The second kappa shape index (κ2) is 11.6. The minimum atomic E-state index is -0.438. The van der Waals surface area contributed by atoms with Crippen LogP contribution < -0.4 is 0 Å². The number of aromatic nitrogens is 1. The number of pyridine rings is 1. The summed E-state index contributed by atoms with van der Waals surface area (Å²) in [5.41, 5.74) is 2.01. The zero-order valence-corrected chi connectivity index (χ0v) is 19.9. The summed E-state index contributed by atoms with van der Waals surface area (Å²) in [7, 11) is 0. The Kier molecular flexibility index (Phi) is 8.30. The number of likely N-dealkylation sites (tertiary alicyclic amines) is 2. The Morgan fingerprint density at radius 3 is 2.70 bits per heavy atom. The van der Waals surface area contributed by atoms with E-state index in [0.29, 0.717) is 12.6 Å². The van der Waals surface area contributed by atoms with Crippen molar-refractivity contribution in [1.82, 2.24) is 14.8 Å². The summed E-state index contributed by atoms with van der Waals surface area (Å²) in [6, 6.07) is 15.0. The SMILES string of the molecule is CCOC(=O)C1(C/C=C/c2ccccc2)CCCN(C2CCN(Cc3cccnc3)CC2)C1. The molecule has 1 unspecified atom stereocenters. The molecule has 5 heteroatoms. The zero-order chi connectivity index (χ0) is 22.9. The number of nitrogens with zero attached hydrogens (tertiary/aromatic N) is 3. The molecule has 0 radical (unpaired) electrons. The summed E-state index contributed by atoms with van der Waals surface area (Å²) in [4.78, 5) is 22.5. The van der Waals surface area contributed by atoms with E-state index in [9.17, 15) is 4.79 Å². The Bertz CT molecular complexity index is 894. The lowest BCUT2D eigenvalue weighted by Crippen LogP contribution is -2.54. The second-order valence-electron chi connectivity index (χ2n) is 9.46. The van der Waals surface area contributed by atoms with Crippen molar-refractivity contribution in [2.45, 2.75) is 51.6 Å². The Labute approximate surface area is 198 Å². The molecule has 2 aliphatic heterocycles. The van der Waals surface area contributed by atoms with Crippen LogP contribution in [0.5, 0.6) is 0 Å². The number of rotatable bonds is 8. The molecule has 1 atom stereocenters. The number of carbonyl (C=O) groups excluding carboxylic acids is 1. The van der Waals surface area contributed by atoms with E-state index >= 15 is 0 Å². The molecule has 2 fully saturated rings. The number of allylic oxidation sites excluding steroid dienone is 1. The predicted octanol–water partition coefficient (Wildman–Crippen LogP) is 4.79. The summed E-state index contributed by atoms with van der Waals surface area (Å²) in [5, 5.41) is 0. The Balaban J connectivity index is 1.38. The van der Waals surface area contributed by atoms with Crippen LogP contribution in [0.3, 0.4) is 0 Å². The van der Waals surface area contributed by atoms with Crippen LogP contribution in [0.2, 0.25) is 0 Å². The topological polar surface area (TPSA) is 45.7 Å². The number of ether oxygens (including phenoxy) is 1. The van der Waals surface area contributed by atoms with Gasteiger partial charge in [0.25, 0.3) is 0 Å². The Morgan fingerprint density at radius 1 is 1.15 bits per heavy atom. The fraction of sp³-hybridized carbons (Fsp3) is 0.500. The third kappa shape index (κ3) is 6.30. The van der Waals surface area contributed by atoms with Crippen molar-refractivity contribution >= 4 is 12.0 Å². The molecule has 0 bridgehead atoms. The van der Waals surface area contributed by atoms with Gasteiger partial charge in [0.2, 0.25) is 0 Å². The van der Waals surface area contributed by atoms with E-state index < -0.39 is 5.41 Å². The molecule has 1 aromatic carbocycles. The second-order valence-corrected chi connectivity index (χ2v) is 9.46. The molecule has 0 amide bonds. The average molecular weight is 448 g/mol. The van der Waals surface area contributed by atoms with Gasteiger partial charge in [0, 0.05) is 31.5 Å². The molecule has 2 aromatic rings. The fourth-order valence-corrected chi connectivity index (χ4v) is 5.36. The Morgan fingerprint density at radius 2 is 1.97 bits per heavy atom. The van der Waals surface area contributed by atoms with Crippen molar-refractivity contribution < 1.29 is 9.53 Å². The van der Waals surface area contributed by atoms with Crippen LogP contribution >= 0.6 is 0 Å². The quantitative estimate of drug-likeness (QED) is 0.544. The summed E-state index contributed by atoms with van der Waals surface area (Å²) in [5.74, 6) is -0.0265. The molecule has 0 spiro atoms. The lowest BCUT2D eigenvalue weighted by molar-refractivity contribution is -0.160. The van der Waals surface area contributed by atoms with Crippen molar-refractivity contribution in [3.8, 4) is 0 Å². The third-order valence-electron chi connectivity index (χ3n) is 7.14. The highest BCUT2D eigenvalue weighted by molar-refractivity contribution is 5.78. The first-order valence-electron chi connectivity index (χ1n) is 12.4. The molecule has 3 heterocycles. The summed E-state index contributed by atoms with van der Waals surface area (Å²) in [6.45, 7) is 7.39. The highest BCUT2D eigenvalue weighted by atomic mass is 16.5. The van der Waals surface area contributed by atoms with Crippen LogP contribution in [-0.4, -0.2) is 59.6 Å². The van der Waals surface area contributed by atoms with E-state index in [1.54, 1.807) is 0 Å². The molecular weight excluding hydrogens is 410 g/mol. The maximum atomic E-state index is 13.1. The smallest absolute Gasteiger partial charge is 0.313 e. The van der Waals surface area contributed by atoms with Gasteiger partial charge in [0.15, 0.2) is 0 Å². The van der Waals surface area contributed by atoms with Gasteiger partial charge in [-0.1, -0.05) is 48.6 Å².